The van der Waals surface area contributed by atoms with Crippen molar-refractivity contribution in [1.82, 2.24) is 4.98 Å². The molecule has 0 unspecified atom stereocenters. The third-order valence-electron chi connectivity index (χ3n) is 3.43. The van der Waals surface area contributed by atoms with Gasteiger partial charge < -0.3 is 4.74 Å². The van der Waals surface area contributed by atoms with Gasteiger partial charge in [0.1, 0.15) is 11.9 Å². The van der Waals surface area contributed by atoms with Crippen molar-refractivity contribution in [3.8, 4) is 5.75 Å². The second-order valence-corrected chi connectivity index (χ2v) is 5.26. The van der Waals surface area contributed by atoms with Crippen molar-refractivity contribution >= 4 is 22.4 Å². The van der Waals surface area contributed by atoms with Gasteiger partial charge in [0.25, 0.3) is 0 Å². The van der Waals surface area contributed by atoms with Crippen LogP contribution in [-0.4, -0.2) is 10.9 Å². The summed E-state index contributed by atoms with van der Waals surface area (Å²) < 4.78 is 6.14. The van der Waals surface area contributed by atoms with Gasteiger partial charge in [0.15, 0.2) is 0 Å². The fourth-order valence-corrected chi connectivity index (χ4v) is 2.56. The Morgan fingerprint density at radius 3 is 2.67 bits per heavy atom. The zero-order valence-electron chi connectivity index (χ0n) is 11.6. The topological polar surface area (TPSA) is 22.1 Å². The molecule has 0 radical (unpaired) electrons. The first-order chi connectivity index (χ1) is 10.4. The molecule has 3 aromatic rings. The maximum absolute atomic E-state index is 6.14. The zero-order valence-corrected chi connectivity index (χ0v) is 12.3. The Balaban J connectivity index is 1.87. The zero-order chi connectivity index (χ0) is 14.5. The molecular weight excluding hydrogens is 282 g/mol. The van der Waals surface area contributed by atoms with E-state index in [1.807, 2.05) is 48.7 Å². The summed E-state index contributed by atoms with van der Waals surface area (Å²) in [5.74, 6) is 1.42. The van der Waals surface area contributed by atoms with E-state index in [2.05, 4.69) is 17.1 Å². The van der Waals surface area contributed by atoms with Gasteiger partial charge in [-0.15, -0.1) is 11.6 Å². The van der Waals surface area contributed by atoms with Crippen molar-refractivity contribution in [3.63, 3.8) is 0 Å². The first-order valence-corrected chi connectivity index (χ1v) is 7.51. The van der Waals surface area contributed by atoms with Crippen LogP contribution in [0.2, 0.25) is 0 Å². The van der Waals surface area contributed by atoms with Crippen LogP contribution >= 0.6 is 11.6 Å². The average Bonchev–Trinajstić information content (AvgIpc) is 2.55. The van der Waals surface area contributed by atoms with Gasteiger partial charge >= 0.3 is 0 Å². The fourth-order valence-electron chi connectivity index (χ4n) is 2.36. The number of pyridine rings is 1. The molecule has 106 valence electrons. The van der Waals surface area contributed by atoms with Crippen LogP contribution in [0, 0.1) is 0 Å². The molecule has 2 aromatic carbocycles. The van der Waals surface area contributed by atoms with E-state index in [0.29, 0.717) is 5.88 Å². The highest BCUT2D eigenvalue weighted by Crippen LogP contribution is 2.27. The summed E-state index contributed by atoms with van der Waals surface area (Å²) in [6, 6.07) is 18.2. The Kier molecular flexibility index (Phi) is 4.37. The molecule has 1 aromatic heterocycles. The summed E-state index contributed by atoms with van der Waals surface area (Å²) in [6.07, 6.45) is 4.40. The molecule has 0 spiro atoms. The van der Waals surface area contributed by atoms with E-state index < -0.39 is 0 Å². The SMILES string of the molecule is ClCC[C@@H](Oc1ccc2cnccc2c1)c1ccccc1. The number of benzene rings is 2. The normalized spacial score (nSPS) is 12.2. The number of ether oxygens (including phenoxy) is 1. The number of nitrogens with zero attached hydrogens (tertiary/aromatic N) is 1. The lowest BCUT2D eigenvalue weighted by Crippen LogP contribution is -2.08. The third-order valence-corrected chi connectivity index (χ3v) is 3.65. The summed E-state index contributed by atoms with van der Waals surface area (Å²) in [5, 5.41) is 2.23. The van der Waals surface area contributed by atoms with E-state index >= 15 is 0 Å². The van der Waals surface area contributed by atoms with Crippen LogP contribution in [0.5, 0.6) is 5.75 Å². The molecule has 1 atom stereocenters. The predicted octanol–water partition coefficient (Wildman–Crippen LogP) is 4.98. The number of hydrogen-bond acceptors (Lipinski definition) is 2. The molecule has 3 rings (SSSR count). The monoisotopic (exact) mass is 297 g/mol. The summed E-state index contributed by atoms with van der Waals surface area (Å²) in [5.41, 5.74) is 1.15. The van der Waals surface area contributed by atoms with Crippen LogP contribution in [0.15, 0.2) is 67.0 Å². The molecule has 0 aliphatic heterocycles. The number of rotatable bonds is 5. The quantitative estimate of drug-likeness (QED) is 0.619. The van der Waals surface area contributed by atoms with Gasteiger partial charge in [0, 0.05) is 30.1 Å². The van der Waals surface area contributed by atoms with Gasteiger partial charge in [-0.25, -0.2) is 0 Å². The third kappa shape index (κ3) is 3.34. The molecule has 0 saturated carbocycles. The Morgan fingerprint density at radius 2 is 1.86 bits per heavy atom. The molecule has 3 heteroatoms. The van der Waals surface area contributed by atoms with E-state index in [1.165, 1.54) is 0 Å². The molecule has 21 heavy (non-hydrogen) atoms. The summed E-state index contributed by atoms with van der Waals surface area (Å²) >= 11 is 5.92. The summed E-state index contributed by atoms with van der Waals surface area (Å²) in [4.78, 5) is 4.12. The van der Waals surface area contributed by atoms with Crippen molar-refractivity contribution < 1.29 is 4.74 Å². The molecule has 0 saturated heterocycles. The molecule has 0 fully saturated rings. The fraction of sp³-hybridized carbons (Fsp3) is 0.167. The number of hydrogen-bond donors (Lipinski definition) is 0. The molecule has 0 aliphatic carbocycles. The van der Waals surface area contributed by atoms with E-state index in [9.17, 15) is 0 Å². The summed E-state index contributed by atoms with van der Waals surface area (Å²) in [6.45, 7) is 0. The molecule has 2 nitrogen and oxygen atoms in total. The highest BCUT2D eigenvalue weighted by atomic mass is 35.5. The van der Waals surface area contributed by atoms with Crippen molar-refractivity contribution in [1.29, 1.82) is 0 Å². The average molecular weight is 298 g/mol. The van der Waals surface area contributed by atoms with Crippen LogP contribution in [0.4, 0.5) is 0 Å². The van der Waals surface area contributed by atoms with Crippen LogP contribution in [0.25, 0.3) is 10.8 Å². The van der Waals surface area contributed by atoms with Crippen LogP contribution < -0.4 is 4.74 Å². The highest BCUT2D eigenvalue weighted by Gasteiger charge is 2.12. The van der Waals surface area contributed by atoms with Crippen molar-refractivity contribution in [2.75, 3.05) is 5.88 Å². The van der Waals surface area contributed by atoms with Crippen molar-refractivity contribution in [3.05, 3.63) is 72.6 Å². The van der Waals surface area contributed by atoms with Gasteiger partial charge in [-0.1, -0.05) is 30.3 Å². The molecule has 0 N–H and O–H groups in total. The minimum atomic E-state index is -0.0250. The number of alkyl halides is 1. The van der Waals surface area contributed by atoms with E-state index in [4.69, 9.17) is 16.3 Å². The maximum Gasteiger partial charge on any atom is 0.125 e. The first-order valence-electron chi connectivity index (χ1n) is 6.98. The van der Waals surface area contributed by atoms with Crippen LogP contribution in [0.3, 0.4) is 0 Å². The van der Waals surface area contributed by atoms with Crippen LogP contribution in [-0.2, 0) is 0 Å². The standard InChI is InChI=1S/C18H16ClNO/c19-10-8-18(14-4-2-1-3-5-14)21-17-7-6-16-13-20-11-9-15(16)12-17/h1-7,9,11-13,18H,8,10H2/t18-/m1/s1. The lowest BCUT2D eigenvalue weighted by atomic mass is 10.1. The van der Waals surface area contributed by atoms with E-state index in [1.54, 1.807) is 6.20 Å². The lowest BCUT2D eigenvalue weighted by Gasteiger charge is -2.19. The minimum absolute atomic E-state index is 0.0250. The van der Waals surface area contributed by atoms with Crippen molar-refractivity contribution in [2.45, 2.75) is 12.5 Å². The largest absolute Gasteiger partial charge is 0.486 e. The maximum atomic E-state index is 6.14. The van der Waals surface area contributed by atoms with Gasteiger partial charge in [0.05, 0.1) is 0 Å². The number of halogens is 1. The van der Waals surface area contributed by atoms with Gasteiger partial charge in [-0.3, -0.25) is 4.98 Å². The van der Waals surface area contributed by atoms with E-state index in [0.717, 1.165) is 28.5 Å². The highest BCUT2D eigenvalue weighted by molar-refractivity contribution is 6.17. The second-order valence-electron chi connectivity index (χ2n) is 4.88. The van der Waals surface area contributed by atoms with Gasteiger partial charge in [-0.2, -0.15) is 0 Å². The summed E-state index contributed by atoms with van der Waals surface area (Å²) in [7, 11) is 0. The Bertz CT molecular complexity index is 714. The minimum Gasteiger partial charge on any atom is -0.486 e. The molecule has 0 amide bonds. The predicted molar refractivity (Wildman–Crippen MR) is 86.9 cm³/mol. The molecule has 0 aliphatic rings. The van der Waals surface area contributed by atoms with E-state index in [-0.39, 0.29) is 6.10 Å². The number of aromatic nitrogens is 1. The Hall–Kier alpha value is -2.06. The lowest BCUT2D eigenvalue weighted by molar-refractivity contribution is 0.202. The van der Waals surface area contributed by atoms with Gasteiger partial charge in [0.2, 0.25) is 0 Å². The Labute approximate surface area is 129 Å². The first kappa shape index (κ1) is 13.9. The second kappa shape index (κ2) is 6.59. The van der Waals surface area contributed by atoms with Gasteiger partial charge in [-0.05, 0) is 35.2 Å². The molecular formula is C18H16ClNO. The molecule has 1 heterocycles. The van der Waals surface area contributed by atoms with Crippen LogP contribution in [0.1, 0.15) is 18.1 Å². The molecule has 0 bridgehead atoms. The van der Waals surface area contributed by atoms with Crippen molar-refractivity contribution in [2.24, 2.45) is 0 Å². The number of fused-ring (bicyclic) bond motifs is 1. The smallest absolute Gasteiger partial charge is 0.125 e. The Morgan fingerprint density at radius 1 is 1.00 bits per heavy atom.